The minimum absolute atomic E-state index is 0.246. The van der Waals surface area contributed by atoms with Gasteiger partial charge in [-0.2, -0.15) is 5.26 Å². The second-order valence-electron chi connectivity index (χ2n) is 5.23. The second kappa shape index (κ2) is 5.56. The average molecular weight is 237 g/mol. The summed E-state index contributed by atoms with van der Waals surface area (Å²) in [5.41, 5.74) is 0. The molecule has 4 atom stereocenters. The standard InChI is InChI=1S/C12H19N3O2/c13-7-9(12(16)15-17)6-10-2-1-3-11(14-10)8-4-5-8/h8-12,14,16H,1-6H2. The van der Waals surface area contributed by atoms with Crippen molar-refractivity contribution in [2.24, 2.45) is 17.0 Å². The summed E-state index contributed by atoms with van der Waals surface area (Å²) in [6.07, 6.45) is 5.16. The van der Waals surface area contributed by atoms with Gasteiger partial charge >= 0.3 is 0 Å². The molecule has 17 heavy (non-hydrogen) atoms. The van der Waals surface area contributed by atoms with Crippen LogP contribution in [0.15, 0.2) is 5.18 Å². The molecule has 4 unspecified atom stereocenters. The molecular formula is C12H19N3O2. The molecule has 0 bridgehead atoms. The van der Waals surface area contributed by atoms with Crippen molar-refractivity contribution >= 4 is 0 Å². The molecule has 1 aliphatic carbocycles. The summed E-state index contributed by atoms with van der Waals surface area (Å²) in [5.74, 6) is 0.135. The van der Waals surface area contributed by atoms with Gasteiger partial charge in [-0.05, 0) is 43.2 Å². The summed E-state index contributed by atoms with van der Waals surface area (Å²) in [7, 11) is 0. The lowest BCUT2D eigenvalue weighted by atomic mass is 9.89. The van der Waals surface area contributed by atoms with Gasteiger partial charge in [0.25, 0.3) is 0 Å². The third kappa shape index (κ3) is 3.24. The van der Waals surface area contributed by atoms with Crippen molar-refractivity contribution in [3.8, 4) is 6.07 Å². The van der Waals surface area contributed by atoms with E-state index in [1.165, 1.54) is 25.7 Å². The zero-order valence-electron chi connectivity index (χ0n) is 9.88. The third-order valence-electron chi connectivity index (χ3n) is 3.88. The van der Waals surface area contributed by atoms with Gasteiger partial charge in [-0.3, -0.25) is 0 Å². The number of hydrogen-bond donors (Lipinski definition) is 2. The molecule has 5 heteroatoms. The molecule has 0 aromatic heterocycles. The first-order chi connectivity index (χ1) is 8.24. The van der Waals surface area contributed by atoms with Gasteiger partial charge in [0.2, 0.25) is 6.23 Å². The summed E-state index contributed by atoms with van der Waals surface area (Å²) in [6, 6.07) is 2.80. The largest absolute Gasteiger partial charge is 0.368 e. The highest BCUT2D eigenvalue weighted by atomic mass is 16.3. The first-order valence-corrected chi connectivity index (χ1v) is 6.40. The maximum atomic E-state index is 10.3. The number of nitrogens with one attached hydrogen (secondary N) is 1. The van der Waals surface area contributed by atoms with Gasteiger partial charge in [-0.25, -0.2) is 0 Å². The predicted octanol–water partition coefficient (Wildman–Crippen LogP) is 1.52. The van der Waals surface area contributed by atoms with Crippen molar-refractivity contribution < 1.29 is 5.11 Å². The highest BCUT2D eigenvalue weighted by molar-refractivity contribution is 4.95. The zero-order valence-corrected chi connectivity index (χ0v) is 9.88. The lowest BCUT2D eigenvalue weighted by Crippen LogP contribution is -2.45. The fourth-order valence-corrected chi connectivity index (χ4v) is 2.73. The molecule has 1 aliphatic heterocycles. The van der Waals surface area contributed by atoms with Crippen LogP contribution in [0.1, 0.15) is 38.5 Å². The number of piperidine rings is 1. The Morgan fingerprint density at radius 1 is 1.41 bits per heavy atom. The molecule has 1 saturated carbocycles. The Morgan fingerprint density at radius 3 is 2.76 bits per heavy atom. The fraction of sp³-hybridized carbons (Fsp3) is 0.917. The topological polar surface area (TPSA) is 85.5 Å². The number of rotatable bonds is 5. The van der Waals surface area contributed by atoms with Gasteiger partial charge < -0.3 is 10.4 Å². The van der Waals surface area contributed by atoms with E-state index in [0.717, 1.165) is 12.3 Å². The Morgan fingerprint density at radius 2 is 2.18 bits per heavy atom. The van der Waals surface area contributed by atoms with E-state index in [1.807, 2.05) is 6.07 Å². The Balaban J connectivity index is 1.84. The van der Waals surface area contributed by atoms with E-state index in [4.69, 9.17) is 5.26 Å². The molecule has 0 amide bonds. The van der Waals surface area contributed by atoms with Crippen LogP contribution in [0.5, 0.6) is 0 Å². The molecule has 0 aromatic carbocycles. The number of aliphatic hydroxyl groups excluding tert-OH is 1. The van der Waals surface area contributed by atoms with E-state index in [-0.39, 0.29) is 6.04 Å². The summed E-state index contributed by atoms with van der Waals surface area (Å²) in [4.78, 5) is 10.3. The molecule has 1 saturated heterocycles. The zero-order chi connectivity index (χ0) is 12.3. The van der Waals surface area contributed by atoms with E-state index in [0.29, 0.717) is 12.5 Å². The van der Waals surface area contributed by atoms with Crippen molar-refractivity contribution in [1.29, 1.82) is 5.26 Å². The Labute approximate surface area is 101 Å². The van der Waals surface area contributed by atoms with E-state index in [1.54, 1.807) is 0 Å². The lowest BCUT2D eigenvalue weighted by Gasteiger charge is -2.32. The molecule has 0 spiro atoms. The number of aliphatic hydroxyl groups is 1. The highest BCUT2D eigenvalue weighted by Crippen LogP contribution is 2.37. The second-order valence-corrected chi connectivity index (χ2v) is 5.23. The lowest BCUT2D eigenvalue weighted by molar-refractivity contribution is 0.123. The van der Waals surface area contributed by atoms with Crippen LogP contribution in [-0.4, -0.2) is 23.4 Å². The van der Waals surface area contributed by atoms with Crippen molar-refractivity contribution in [1.82, 2.24) is 5.32 Å². The van der Waals surface area contributed by atoms with E-state index in [9.17, 15) is 10.0 Å². The van der Waals surface area contributed by atoms with Gasteiger partial charge in [0.1, 0.15) is 0 Å². The fourth-order valence-electron chi connectivity index (χ4n) is 2.73. The molecule has 2 aliphatic rings. The van der Waals surface area contributed by atoms with Crippen LogP contribution in [0.2, 0.25) is 0 Å². The van der Waals surface area contributed by atoms with Crippen molar-refractivity contribution in [3.63, 3.8) is 0 Å². The van der Waals surface area contributed by atoms with Crippen molar-refractivity contribution in [2.45, 2.75) is 56.8 Å². The summed E-state index contributed by atoms with van der Waals surface area (Å²) in [5, 5.41) is 24.3. The number of nitrogens with zero attached hydrogens (tertiary/aromatic N) is 2. The van der Waals surface area contributed by atoms with Crippen LogP contribution < -0.4 is 5.32 Å². The highest BCUT2D eigenvalue weighted by Gasteiger charge is 2.35. The number of nitriles is 1. The van der Waals surface area contributed by atoms with E-state index >= 15 is 0 Å². The Bertz CT molecular complexity index is 311. The molecule has 0 radical (unpaired) electrons. The number of hydrogen-bond acceptors (Lipinski definition) is 5. The first-order valence-electron chi connectivity index (χ1n) is 6.40. The van der Waals surface area contributed by atoms with Gasteiger partial charge in [0, 0.05) is 12.1 Å². The van der Waals surface area contributed by atoms with Gasteiger partial charge in [0.15, 0.2) is 0 Å². The molecule has 1 heterocycles. The van der Waals surface area contributed by atoms with Crippen LogP contribution in [0.4, 0.5) is 0 Å². The SMILES string of the molecule is N#CC(CC1CCCC(C2CC2)N1)C(O)N=O. The van der Waals surface area contributed by atoms with Crippen LogP contribution in [-0.2, 0) is 0 Å². The monoisotopic (exact) mass is 237 g/mol. The minimum atomic E-state index is -1.39. The number of nitroso groups, excluding NO2 is 1. The van der Waals surface area contributed by atoms with E-state index < -0.39 is 12.1 Å². The maximum absolute atomic E-state index is 10.3. The summed E-state index contributed by atoms with van der Waals surface area (Å²) in [6.45, 7) is 0. The Hall–Kier alpha value is -0.990. The minimum Gasteiger partial charge on any atom is -0.368 e. The third-order valence-corrected chi connectivity index (χ3v) is 3.88. The molecule has 2 fully saturated rings. The summed E-state index contributed by atoms with van der Waals surface area (Å²) < 4.78 is 0. The molecule has 5 nitrogen and oxygen atoms in total. The van der Waals surface area contributed by atoms with Crippen LogP contribution in [0, 0.1) is 28.1 Å². The van der Waals surface area contributed by atoms with Crippen LogP contribution in [0.3, 0.4) is 0 Å². The molecule has 2 rings (SSSR count). The molecule has 2 N–H and O–H groups in total. The van der Waals surface area contributed by atoms with Crippen molar-refractivity contribution in [3.05, 3.63) is 4.91 Å². The molecular weight excluding hydrogens is 218 g/mol. The van der Waals surface area contributed by atoms with Crippen molar-refractivity contribution in [2.75, 3.05) is 0 Å². The van der Waals surface area contributed by atoms with Crippen LogP contribution in [0.25, 0.3) is 0 Å². The average Bonchev–Trinajstić information content (AvgIpc) is 3.19. The Kier molecular flexibility index (Phi) is 4.08. The normalized spacial score (nSPS) is 32.5. The summed E-state index contributed by atoms with van der Waals surface area (Å²) >= 11 is 0. The van der Waals surface area contributed by atoms with Gasteiger partial charge in [-0.1, -0.05) is 6.42 Å². The van der Waals surface area contributed by atoms with Crippen LogP contribution >= 0.6 is 0 Å². The smallest absolute Gasteiger partial charge is 0.203 e. The van der Waals surface area contributed by atoms with Gasteiger partial charge in [-0.15, -0.1) is 4.91 Å². The molecule has 94 valence electrons. The quantitative estimate of drug-likeness (QED) is 0.710. The van der Waals surface area contributed by atoms with E-state index in [2.05, 4.69) is 10.5 Å². The first kappa shape index (κ1) is 12.5. The predicted molar refractivity (Wildman–Crippen MR) is 62.8 cm³/mol. The molecule has 0 aromatic rings. The maximum Gasteiger partial charge on any atom is 0.203 e. The van der Waals surface area contributed by atoms with Gasteiger partial charge in [0.05, 0.1) is 12.0 Å².